The molecule has 9 nitrogen and oxygen atoms in total. The second-order valence-electron chi connectivity index (χ2n) is 5.49. The first-order valence-corrected chi connectivity index (χ1v) is 9.84. The Balaban J connectivity index is 1.80. The zero-order valence-corrected chi connectivity index (χ0v) is 15.6. The van der Waals surface area contributed by atoms with E-state index in [-0.39, 0.29) is 23.8 Å². The van der Waals surface area contributed by atoms with E-state index in [1.165, 1.54) is 10.9 Å². The van der Waals surface area contributed by atoms with Gasteiger partial charge in [-0.1, -0.05) is 29.3 Å². The lowest BCUT2D eigenvalue weighted by atomic mass is 10.2. The van der Waals surface area contributed by atoms with Crippen molar-refractivity contribution in [1.82, 2.24) is 19.7 Å². The Morgan fingerprint density at radius 1 is 1.27 bits per heavy atom. The number of anilines is 1. The molecule has 26 heavy (non-hydrogen) atoms. The van der Waals surface area contributed by atoms with Crippen molar-refractivity contribution in [2.24, 2.45) is 5.14 Å². The SMILES string of the molecule is NS(=O)(=O)CCn1ncc2nc(NCc3ccc(Cl)c(Cl)c3)[nH]c(=O)c21. The zero-order valence-electron chi connectivity index (χ0n) is 13.2. The fourth-order valence-corrected chi connectivity index (χ4v) is 3.06. The van der Waals surface area contributed by atoms with Crippen LogP contribution in [0.4, 0.5) is 5.95 Å². The Morgan fingerprint density at radius 3 is 2.73 bits per heavy atom. The maximum Gasteiger partial charge on any atom is 0.278 e. The molecule has 0 unspecified atom stereocenters. The van der Waals surface area contributed by atoms with Crippen LogP contribution < -0.4 is 16.0 Å². The van der Waals surface area contributed by atoms with E-state index in [4.69, 9.17) is 28.3 Å². The minimum Gasteiger partial charge on any atom is -0.352 e. The maximum absolute atomic E-state index is 12.3. The van der Waals surface area contributed by atoms with Crippen molar-refractivity contribution >= 4 is 50.2 Å². The van der Waals surface area contributed by atoms with E-state index >= 15 is 0 Å². The van der Waals surface area contributed by atoms with E-state index in [1.807, 2.05) is 0 Å². The van der Waals surface area contributed by atoms with Crippen molar-refractivity contribution in [1.29, 1.82) is 0 Å². The third-order valence-electron chi connectivity index (χ3n) is 3.53. The Morgan fingerprint density at radius 2 is 2.04 bits per heavy atom. The topological polar surface area (TPSA) is 136 Å². The summed E-state index contributed by atoms with van der Waals surface area (Å²) in [5.41, 5.74) is 0.915. The molecule has 0 bridgehead atoms. The maximum atomic E-state index is 12.3. The molecule has 2 heterocycles. The molecule has 0 aliphatic carbocycles. The molecule has 12 heteroatoms. The van der Waals surface area contributed by atoms with Gasteiger partial charge in [-0.25, -0.2) is 18.5 Å². The van der Waals surface area contributed by atoms with Gasteiger partial charge in [0.1, 0.15) is 5.52 Å². The lowest BCUT2D eigenvalue weighted by Gasteiger charge is -2.07. The van der Waals surface area contributed by atoms with Crippen molar-refractivity contribution in [2.75, 3.05) is 11.1 Å². The van der Waals surface area contributed by atoms with Gasteiger partial charge in [-0.15, -0.1) is 0 Å². The smallest absolute Gasteiger partial charge is 0.278 e. The largest absolute Gasteiger partial charge is 0.352 e. The molecule has 4 N–H and O–H groups in total. The van der Waals surface area contributed by atoms with E-state index in [0.717, 1.165) is 5.56 Å². The Hall–Kier alpha value is -2.14. The van der Waals surface area contributed by atoms with Crippen LogP contribution in [0.5, 0.6) is 0 Å². The summed E-state index contributed by atoms with van der Waals surface area (Å²) in [6.07, 6.45) is 1.39. The first-order chi connectivity index (χ1) is 12.2. The third-order valence-corrected chi connectivity index (χ3v) is 5.02. The highest BCUT2D eigenvalue weighted by atomic mass is 35.5. The standard InChI is InChI=1S/C14H14Cl2N6O3S/c15-9-2-1-8(5-10(9)16)6-18-14-20-11-7-19-22(3-4-26(17,24)25)12(11)13(23)21-14/h1-2,5,7H,3-4,6H2,(H2,17,24,25)(H2,18,20,21,23). The van der Waals surface area contributed by atoms with Gasteiger partial charge in [0.25, 0.3) is 5.56 Å². The van der Waals surface area contributed by atoms with E-state index in [2.05, 4.69) is 20.4 Å². The molecular weight excluding hydrogens is 403 g/mol. The lowest BCUT2D eigenvalue weighted by Crippen LogP contribution is -2.22. The number of nitrogens with one attached hydrogen (secondary N) is 2. The van der Waals surface area contributed by atoms with Crippen molar-refractivity contribution in [2.45, 2.75) is 13.1 Å². The van der Waals surface area contributed by atoms with E-state index in [1.54, 1.807) is 18.2 Å². The number of rotatable bonds is 6. The molecule has 1 aromatic carbocycles. The first-order valence-electron chi connectivity index (χ1n) is 7.37. The van der Waals surface area contributed by atoms with Gasteiger partial charge in [0.15, 0.2) is 5.52 Å². The van der Waals surface area contributed by atoms with Gasteiger partial charge in [0, 0.05) is 6.54 Å². The summed E-state index contributed by atoms with van der Waals surface area (Å²) in [4.78, 5) is 19.2. The van der Waals surface area contributed by atoms with Crippen LogP contribution in [0.2, 0.25) is 10.0 Å². The molecule has 0 radical (unpaired) electrons. The molecule has 0 amide bonds. The van der Waals surface area contributed by atoms with Crippen molar-refractivity contribution < 1.29 is 8.42 Å². The minimum atomic E-state index is -3.66. The number of nitrogens with two attached hydrogens (primary N) is 1. The zero-order chi connectivity index (χ0) is 18.9. The summed E-state index contributed by atoms with van der Waals surface area (Å²) in [7, 11) is -3.66. The van der Waals surface area contributed by atoms with Crippen LogP contribution in [0.1, 0.15) is 5.56 Å². The normalized spacial score (nSPS) is 11.8. The fourth-order valence-electron chi connectivity index (χ4n) is 2.31. The second kappa shape index (κ2) is 7.23. The Labute approximate surface area is 158 Å². The summed E-state index contributed by atoms with van der Waals surface area (Å²) in [6.45, 7) is 0.327. The number of sulfonamides is 1. The predicted octanol–water partition coefficient (Wildman–Crippen LogP) is 1.33. The summed E-state index contributed by atoms with van der Waals surface area (Å²) in [5.74, 6) is -0.0832. The number of hydrogen-bond donors (Lipinski definition) is 3. The number of halogens is 2. The third kappa shape index (κ3) is 4.33. The van der Waals surface area contributed by atoms with Crippen LogP contribution in [0.25, 0.3) is 11.0 Å². The molecule has 0 aliphatic rings. The highest BCUT2D eigenvalue weighted by molar-refractivity contribution is 7.89. The summed E-state index contributed by atoms with van der Waals surface area (Å²) in [6, 6.07) is 5.18. The van der Waals surface area contributed by atoms with Crippen LogP contribution in [-0.4, -0.2) is 33.9 Å². The number of H-pyrrole nitrogens is 1. The molecule has 0 saturated heterocycles. The van der Waals surface area contributed by atoms with Crippen molar-refractivity contribution in [3.8, 4) is 0 Å². The minimum absolute atomic E-state index is 0.0385. The highest BCUT2D eigenvalue weighted by Gasteiger charge is 2.12. The number of benzene rings is 1. The summed E-state index contributed by atoms with van der Waals surface area (Å²) < 4.78 is 23.4. The molecular formula is C14H14Cl2N6O3S. The first kappa shape index (κ1) is 18.6. The molecule has 0 saturated carbocycles. The van der Waals surface area contributed by atoms with Crippen LogP contribution in [0, 0.1) is 0 Å². The molecule has 0 spiro atoms. The average Bonchev–Trinajstić information content (AvgIpc) is 2.97. The Kier molecular flexibility index (Phi) is 5.19. The molecule has 3 rings (SSSR count). The van der Waals surface area contributed by atoms with Gasteiger partial charge < -0.3 is 5.32 Å². The molecule has 138 valence electrons. The monoisotopic (exact) mass is 416 g/mol. The van der Waals surface area contributed by atoms with Crippen LogP contribution in [0.15, 0.2) is 29.2 Å². The number of fused-ring (bicyclic) bond motifs is 1. The van der Waals surface area contributed by atoms with Crippen molar-refractivity contribution in [3.63, 3.8) is 0 Å². The van der Waals surface area contributed by atoms with Gasteiger partial charge in [-0.05, 0) is 17.7 Å². The van der Waals surface area contributed by atoms with E-state index < -0.39 is 15.6 Å². The second-order valence-corrected chi connectivity index (χ2v) is 8.03. The quantitative estimate of drug-likeness (QED) is 0.554. The fraction of sp³-hybridized carbons (Fsp3) is 0.214. The predicted molar refractivity (Wildman–Crippen MR) is 99.9 cm³/mol. The van der Waals surface area contributed by atoms with Gasteiger partial charge in [0.05, 0.1) is 28.5 Å². The molecule has 0 aliphatic heterocycles. The summed E-state index contributed by atoms with van der Waals surface area (Å²) >= 11 is 11.8. The number of hydrogen-bond acceptors (Lipinski definition) is 6. The number of nitrogens with zero attached hydrogens (tertiary/aromatic N) is 3. The van der Waals surface area contributed by atoms with Gasteiger partial charge in [0.2, 0.25) is 16.0 Å². The highest BCUT2D eigenvalue weighted by Crippen LogP contribution is 2.22. The number of aryl methyl sites for hydroxylation is 1. The average molecular weight is 417 g/mol. The van der Waals surface area contributed by atoms with Crippen LogP contribution in [-0.2, 0) is 23.1 Å². The van der Waals surface area contributed by atoms with Crippen LogP contribution >= 0.6 is 23.2 Å². The Bertz CT molecular complexity index is 1130. The molecule has 2 aromatic heterocycles. The van der Waals surface area contributed by atoms with Crippen molar-refractivity contribution in [3.05, 3.63) is 50.4 Å². The molecule has 0 fully saturated rings. The molecule has 3 aromatic rings. The summed E-state index contributed by atoms with van der Waals surface area (Å²) in [5, 5.41) is 12.8. The number of aromatic nitrogens is 4. The lowest BCUT2D eigenvalue weighted by molar-refractivity contribution is 0.585. The van der Waals surface area contributed by atoms with E-state index in [0.29, 0.717) is 22.1 Å². The van der Waals surface area contributed by atoms with Crippen LogP contribution in [0.3, 0.4) is 0 Å². The van der Waals surface area contributed by atoms with Gasteiger partial charge in [-0.2, -0.15) is 5.10 Å². The van der Waals surface area contributed by atoms with E-state index in [9.17, 15) is 13.2 Å². The number of primary sulfonamides is 1. The van der Waals surface area contributed by atoms with Gasteiger partial charge in [-0.3, -0.25) is 14.5 Å². The number of aromatic amines is 1. The van der Waals surface area contributed by atoms with Gasteiger partial charge >= 0.3 is 0 Å². The molecule has 0 atom stereocenters.